The Morgan fingerprint density at radius 2 is 1.70 bits per heavy atom. The number of fused-ring (bicyclic) bond motifs is 1. The Balaban J connectivity index is 1.64. The molecule has 7 nitrogen and oxygen atoms in total. The van der Waals surface area contributed by atoms with E-state index in [0.29, 0.717) is 27.0 Å². The van der Waals surface area contributed by atoms with Crippen molar-refractivity contribution in [2.75, 3.05) is 19.5 Å². The van der Waals surface area contributed by atoms with E-state index < -0.39 is 5.63 Å². The van der Waals surface area contributed by atoms with Gasteiger partial charge in [-0.2, -0.15) is 0 Å². The molecule has 136 valence electrons. The van der Waals surface area contributed by atoms with E-state index >= 15 is 0 Å². The van der Waals surface area contributed by atoms with Crippen LogP contribution in [-0.2, 0) is 0 Å². The normalized spacial score (nSPS) is 10.7. The van der Waals surface area contributed by atoms with Crippen LogP contribution in [0.3, 0.4) is 0 Å². The molecule has 0 bridgehead atoms. The highest BCUT2D eigenvalue weighted by Crippen LogP contribution is 2.29. The number of nitrogens with zero attached hydrogens (tertiary/aromatic N) is 2. The minimum atomic E-state index is -0.470. The van der Waals surface area contributed by atoms with Crippen LogP contribution in [0.5, 0.6) is 11.5 Å². The number of methoxy groups -OCH3 is 2. The Bertz CT molecular complexity index is 1150. The lowest BCUT2D eigenvalue weighted by atomic mass is 10.2. The molecule has 0 aliphatic heterocycles. The first-order valence-electron chi connectivity index (χ1n) is 8.03. The van der Waals surface area contributed by atoms with Crippen molar-refractivity contribution in [1.29, 1.82) is 0 Å². The molecule has 0 unspecified atom stereocenters. The molecule has 27 heavy (non-hydrogen) atoms. The van der Waals surface area contributed by atoms with Crippen molar-refractivity contribution < 1.29 is 13.9 Å². The molecule has 0 amide bonds. The van der Waals surface area contributed by atoms with Crippen molar-refractivity contribution in [3.63, 3.8) is 0 Å². The summed E-state index contributed by atoms with van der Waals surface area (Å²) in [7, 11) is 3.18. The smallest absolute Gasteiger partial charge is 0.346 e. The monoisotopic (exact) mass is 381 g/mol. The second-order valence-corrected chi connectivity index (χ2v) is 6.59. The molecule has 2 heterocycles. The average Bonchev–Trinajstić information content (AvgIpc) is 3.15. The second kappa shape index (κ2) is 7.08. The Kier molecular flexibility index (Phi) is 4.47. The minimum absolute atomic E-state index is 0.368. The maximum atomic E-state index is 12.4. The van der Waals surface area contributed by atoms with Crippen LogP contribution in [0.25, 0.3) is 21.5 Å². The standard InChI is InChI=1S/C19H15N3O4S/c1-24-13-7-4-12(5-8-13)20-19-22-21-17(27-19)15-9-11-3-6-14(25-2)10-16(11)26-18(15)23/h3-10H,1-2H3,(H,20,22). The van der Waals surface area contributed by atoms with Crippen LogP contribution < -0.4 is 20.4 Å². The van der Waals surface area contributed by atoms with Gasteiger partial charge >= 0.3 is 5.63 Å². The first-order chi connectivity index (χ1) is 13.2. The number of hydrogen-bond donors (Lipinski definition) is 1. The maximum absolute atomic E-state index is 12.4. The molecule has 0 aliphatic rings. The molecule has 0 radical (unpaired) electrons. The topological polar surface area (TPSA) is 86.5 Å². The zero-order valence-electron chi connectivity index (χ0n) is 14.6. The van der Waals surface area contributed by atoms with E-state index in [1.165, 1.54) is 11.3 Å². The number of hydrogen-bond acceptors (Lipinski definition) is 8. The van der Waals surface area contributed by atoms with Crippen molar-refractivity contribution in [1.82, 2.24) is 10.2 Å². The Hall–Kier alpha value is -3.39. The zero-order valence-corrected chi connectivity index (χ0v) is 15.4. The fourth-order valence-electron chi connectivity index (χ4n) is 2.55. The summed E-state index contributed by atoms with van der Waals surface area (Å²) >= 11 is 1.27. The molecular formula is C19H15N3O4S. The summed E-state index contributed by atoms with van der Waals surface area (Å²) in [6, 6.07) is 14.5. The Morgan fingerprint density at radius 3 is 2.44 bits per heavy atom. The van der Waals surface area contributed by atoms with E-state index in [-0.39, 0.29) is 0 Å². The van der Waals surface area contributed by atoms with Gasteiger partial charge in [0.25, 0.3) is 0 Å². The number of rotatable bonds is 5. The summed E-state index contributed by atoms with van der Waals surface area (Å²) in [5.41, 5.74) is 1.20. The molecular weight excluding hydrogens is 366 g/mol. The predicted octanol–water partition coefficient (Wildman–Crippen LogP) is 4.07. The van der Waals surface area contributed by atoms with Gasteiger partial charge in [0.2, 0.25) is 5.13 Å². The minimum Gasteiger partial charge on any atom is -0.497 e. The molecule has 0 saturated heterocycles. The summed E-state index contributed by atoms with van der Waals surface area (Å²) in [4.78, 5) is 12.4. The van der Waals surface area contributed by atoms with E-state index in [1.807, 2.05) is 36.4 Å². The number of aromatic nitrogens is 2. The lowest BCUT2D eigenvalue weighted by Gasteiger charge is -2.03. The SMILES string of the molecule is COc1ccc(Nc2nnc(-c3cc4ccc(OC)cc4oc3=O)s2)cc1. The van der Waals surface area contributed by atoms with Gasteiger partial charge in [-0.1, -0.05) is 11.3 Å². The summed E-state index contributed by atoms with van der Waals surface area (Å²) in [5.74, 6) is 1.39. The van der Waals surface area contributed by atoms with Crippen molar-refractivity contribution in [3.8, 4) is 22.1 Å². The molecule has 0 fully saturated rings. The van der Waals surface area contributed by atoms with E-state index in [1.54, 1.807) is 26.4 Å². The quantitative estimate of drug-likeness (QED) is 0.521. The first-order valence-corrected chi connectivity index (χ1v) is 8.85. The fraction of sp³-hybridized carbons (Fsp3) is 0.105. The number of nitrogens with one attached hydrogen (secondary N) is 1. The Labute approximate surface area is 158 Å². The largest absolute Gasteiger partial charge is 0.497 e. The summed E-state index contributed by atoms with van der Waals surface area (Å²) in [6.45, 7) is 0. The van der Waals surface area contributed by atoms with Crippen molar-refractivity contribution in [3.05, 3.63) is 59.0 Å². The molecule has 0 saturated carbocycles. The van der Waals surface area contributed by atoms with Gasteiger partial charge in [0, 0.05) is 17.1 Å². The van der Waals surface area contributed by atoms with E-state index in [0.717, 1.165) is 16.8 Å². The lowest BCUT2D eigenvalue weighted by molar-refractivity contribution is 0.414. The van der Waals surface area contributed by atoms with Crippen LogP contribution in [0.1, 0.15) is 0 Å². The summed E-state index contributed by atoms with van der Waals surface area (Å²) < 4.78 is 15.7. The summed E-state index contributed by atoms with van der Waals surface area (Å²) in [5, 5.41) is 13.2. The predicted molar refractivity (Wildman–Crippen MR) is 104 cm³/mol. The molecule has 0 spiro atoms. The first kappa shape index (κ1) is 17.0. The van der Waals surface area contributed by atoms with Crippen LogP contribution in [0, 0.1) is 0 Å². The third kappa shape index (κ3) is 3.47. The number of anilines is 2. The van der Waals surface area contributed by atoms with Crippen molar-refractivity contribution >= 4 is 33.1 Å². The van der Waals surface area contributed by atoms with Crippen LogP contribution in [0.4, 0.5) is 10.8 Å². The van der Waals surface area contributed by atoms with Gasteiger partial charge in [-0.05, 0) is 42.5 Å². The van der Waals surface area contributed by atoms with Crippen molar-refractivity contribution in [2.45, 2.75) is 0 Å². The van der Waals surface area contributed by atoms with Gasteiger partial charge in [0.05, 0.1) is 19.8 Å². The van der Waals surface area contributed by atoms with Gasteiger partial charge in [-0.3, -0.25) is 0 Å². The highest BCUT2D eigenvalue weighted by atomic mass is 32.1. The molecule has 4 aromatic rings. The molecule has 1 N–H and O–H groups in total. The van der Waals surface area contributed by atoms with E-state index in [2.05, 4.69) is 15.5 Å². The van der Waals surface area contributed by atoms with Crippen LogP contribution in [0.2, 0.25) is 0 Å². The van der Waals surface area contributed by atoms with E-state index in [4.69, 9.17) is 13.9 Å². The van der Waals surface area contributed by atoms with Crippen LogP contribution >= 0.6 is 11.3 Å². The number of benzene rings is 2. The molecule has 2 aromatic heterocycles. The summed E-state index contributed by atoms with van der Waals surface area (Å²) in [6.07, 6.45) is 0. The number of ether oxygens (including phenoxy) is 2. The molecule has 0 atom stereocenters. The van der Waals surface area contributed by atoms with Crippen LogP contribution in [-0.4, -0.2) is 24.4 Å². The van der Waals surface area contributed by atoms with Gasteiger partial charge in [0.1, 0.15) is 17.1 Å². The van der Waals surface area contributed by atoms with Gasteiger partial charge in [0.15, 0.2) is 5.01 Å². The average molecular weight is 381 g/mol. The molecule has 8 heteroatoms. The third-order valence-electron chi connectivity index (χ3n) is 3.94. The Morgan fingerprint density at radius 1 is 0.963 bits per heavy atom. The maximum Gasteiger partial charge on any atom is 0.346 e. The lowest BCUT2D eigenvalue weighted by Crippen LogP contribution is -2.02. The molecule has 2 aromatic carbocycles. The van der Waals surface area contributed by atoms with Gasteiger partial charge in [-0.15, -0.1) is 10.2 Å². The molecule has 4 rings (SSSR count). The van der Waals surface area contributed by atoms with Gasteiger partial charge < -0.3 is 19.2 Å². The third-order valence-corrected chi connectivity index (χ3v) is 4.81. The van der Waals surface area contributed by atoms with Crippen LogP contribution in [0.15, 0.2) is 57.7 Å². The second-order valence-electron chi connectivity index (χ2n) is 5.62. The highest BCUT2D eigenvalue weighted by molar-refractivity contribution is 7.18. The highest BCUT2D eigenvalue weighted by Gasteiger charge is 2.14. The zero-order chi connectivity index (χ0) is 18.8. The molecule has 0 aliphatic carbocycles. The van der Waals surface area contributed by atoms with E-state index in [9.17, 15) is 4.79 Å². The van der Waals surface area contributed by atoms with Crippen molar-refractivity contribution in [2.24, 2.45) is 0 Å². The van der Waals surface area contributed by atoms with Gasteiger partial charge in [-0.25, -0.2) is 4.79 Å². The fourth-order valence-corrected chi connectivity index (χ4v) is 3.32.